The molecule has 11 rings (SSSR count). The third-order valence-corrected chi connectivity index (χ3v) is 25.3. The third-order valence-electron chi connectivity index (χ3n) is 20.1. The number of ketones is 1. The number of piperidine rings is 2. The van der Waals surface area contributed by atoms with E-state index in [1.165, 1.54) is 66.7 Å². The fourth-order valence-electron chi connectivity index (χ4n) is 12.4. The summed E-state index contributed by atoms with van der Waals surface area (Å²) in [4.78, 5) is 38.8. The largest absolute Gasteiger partial charge is 0.433 e. The summed E-state index contributed by atoms with van der Waals surface area (Å²) in [7, 11) is -16.0. The van der Waals surface area contributed by atoms with Gasteiger partial charge in [0, 0.05) is 128 Å². The van der Waals surface area contributed by atoms with Crippen LogP contribution < -0.4 is 41.2 Å². The van der Waals surface area contributed by atoms with E-state index in [2.05, 4.69) is 70.0 Å². The first kappa shape index (κ1) is 114. The zero-order valence-electron chi connectivity index (χ0n) is 74.0. The Hall–Kier alpha value is -9.26. The molecule has 0 bridgehead atoms. The molecule has 728 valence electrons. The number of Topliss-reactive ketones (excluding diaryl/α,β-unsaturated/α-hetero) is 1. The summed E-state index contributed by atoms with van der Waals surface area (Å²) in [5.41, 5.74) is 20.0. The van der Waals surface area contributed by atoms with Crippen LogP contribution in [0.15, 0.2) is 173 Å². The fourth-order valence-corrected chi connectivity index (χ4v) is 15.7. The molecule has 0 unspecified atom stereocenters. The number of nitrogens with one attached hydrogen (secondary N) is 2. The van der Waals surface area contributed by atoms with Crippen molar-refractivity contribution in [1.29, 1.82) is 0 Å². The lowest BCUT2D eigenvalue weighted by Gasteiger charge is -2.33. The standard InChI is InChI=1S/C25H31F4N3O3S.C17H18FNO4S.C13H18F3N3.C10H10FNO2S.C10H14FNO2S.C9H10BrFO2S.C7H7BrFN/c1-17-11-13-32(14-12-17)24-19(7-10-23(31-24)25(27,28)29)6-9-21(33)8-4-18-3-5-20(22(26)15-18)16-30-36(2,34)35;1-24(21,22)19-12-14-9-7-13(11-16(14)18)8-10-17(20)23-15-5-3-2-4-6-15;1-9-4-6-19(7-5-9)12-10(8-17)2-3-11(18-12)13(14,15)16;1-12-9-4-3-8(10(11)7-9)5-6-15(2,13)14;1-15(13,14)5-4-9-3-2-8(7-12)6-10(9)11;1-14(12,13)5-4-7-2-3-8(10)6-9(7)11;8-6-2-1-5(4-10)7(9)3-6/h3,5,7,10,15,17,30H,4,6,8-9,11-14,16H2,1-2H3;2-7,9,11,19H,8,10,12H2,1H3;2-3,9H,4-8,17H2,1H3;3-4,7H,5-6H2,2H3;2-3,6H,4-5,7,12H2,1H3;2-3,6H,4-5H2,1H3;1-3H,4,10H2. The average molecular weight is 2100 g/mol. The lowest BCUT2D eigenvalue weighted by atomic mass is 9.98. The number of aryl methyl sites for hydroxylation is 6. The van der Waals surface area contributed by atoms with Gasteiger partial charge in [0.25, 0.3) is 0 Å². The third kappa shape index (κ3) is 44.8. The molecule has 9 aromatic rings. The van der Waals surface area contributed by atoms with Crippen LogP contribution in [0.3, 0.4) is 0 Å². The summed E-state index contributed by atoms with van der Waals surface area (Å²) >= 11 is 6.27. The number of carbonyl (C=O) groups is 2. The highest BCUT2D eigenvalue weighted by atomic mass is 79.9. The number of sulfonamides is 2. The van der Waals surface area contributed by atoms with Gasteiger partial charge in [-0.3, -0.25) is 9.59 Å². The molecule has 2 aliphatic rings. The number of ether oxygens (including phenoxy) is 1. The Morgan fingerprint density at radius 3 is 1.15 bits per heavy atom. The summed E-state index contributed by atoms with van der Waals surface area (Å²) in [6.07, 6.45) is 2.02. The van der Waals surface area contributed by atoms with Gasteiger partial charge in [-0.2, -0.15) is 26.3 Å². The molecule has 2 aliphatic heterocycles. The van der Waals surface area contributed by atoms with Crippen LogP contribution in [0.5, 0.6) is 5.75 Å². The van der Waals surface area contributed by atoms with Crippen LogP contribution in [0.2, 0.25) is 0 Å². The van der Waals surface area contributed by atoms with E-state index in [-0.39, 0.29) is 135 Å². The minimum atomic E-state index is -4.54. The number of nitrogens with zero attached hydrogens (tertiary/aromatic N) is 5. The molecule has 4 heterocycles. The van der Waals surface area contributed by atoms with E-state index < -0.39 is 96.7 Å². The molecule has 0 spiro atoms. The van der Waals surface area contributed by atoms with Crippen molar-refractivity contribution in [3.63, 3.8) is 0 Å². The van der Waals surface area contributed by atoms with E-state index in [9.17, 15) is 104 Å². The maximum absolute atomic E-state index is 14.3. The van der Waals surface area contributed by atoms with Crippen molar-refractivity contribution >= 4 is 110 Å². The van der Waals surface area contributed by atoms with Crippen LogP contribution in [0.25, 0.3) is 4.85 Å². The van der Waals surface area contributed by atoms with Gasteiger partial charge in [0.2, 0.25) is 20.0 Å². The summed E-state index contributed by atoms with van der Waals surface area (Å²) in [6, 6.07) is 40.5. The number of hydrogen-bond acceptors (Lipinski definition) is 20. The first-order valence-corrected chi connectivity index (χ1v) is 52.9. The van der Waals surface area contributed by atoms with Crippen molar-refractivity contribution in [3.8, 4) is 5.75 Å². The second kappa shape index (κ2) is 53.9. The zero-order valence-corrected chi connectivity index (χ0v) is 81.3. The van der Waals surface area contributed by atoms with Crippen molar-refractivity contribution in [2.75, 3.05) is 84.5 Å². The van der Waals surface area contributed by atoms with Crippen molar-refractivity contribution in [3.05, 3.63) is 292 Å². The minimum absolute atomic E-state index is 0.0223. The van der Waals surface area contributed by atoms with Crippen LogP contribution in [0.4, 0.5) is 70.0 Å². The van der Waals surface area contributed by atoms with E-state index in [4.69, 9.17) is 28.5 Å². The Balaban J connectivity index is 0.000000285. The molecule has 0 saturated carbocycles. The normalized spacial score (nSPS) is 13.3. The molecule has 0 atom stereocenters. The van der Waals surface area contributed by atoms with Gasteiger partial charge in [-0.1, -0.05) is 137 Å². The van der Waals surface area contributed by atoms with Crippen LogP contribution >= 0.6 is 31.9 Å². The number of pyridine rings is 2. The van der Waals surface area contributed by atoms with Gasteiger partial charge >= 0.3 is 18.3 Å². The van der Waals surface area contributed by atoms with Crippen LogP contribution in [-0.2, 0) is 143 Å². The van der Waals surface area contributed by atoms with Crippen LogP contribution in [0, 0.1) is 53.3 Å². The van der Waals surface area contributed by atoms with E-state index in [0.29, 0.717) is 110 Å². The quantitative estimate of drug-likeness (QED) is 0.0121. The molecule has 2 fully saturated rings. The SMILES string of the molecule is CC1CCN(c2nc(C(F)(F)F)ccc2CCC(=O)CCc2ccc(CNS(C)(=O)=O)c(F)c2)CC1.CC1CCN(c2nc(C(F)(F)F)ccc2CN)CC1.CS(=O)(=O)CCc1ccc(Br)cc1F.CS(=O)(=O)CCc1ccc(CN)cc1F.CS(=O)(=O)NCc1ccc(CCC(=O)Oc2ccccc2)cc1F.NCc1ccc(Br)cc1F.[C-]#[N+]c1ccc(CCS(C)(=O)=O)c(F)c1. The molecule has 7 aromatic carbocycles. The van der Waals surface area contributed by atoms with Crippen LogP contribution in [-0.4, -0.2) is 139 Å². The maximum atomic E-state index is 14.3. The second-order valence-electron chi connectivity index (χ2n) is 31.6. The number of sulfone groups is 3. The molecule has 0 radical (unpaired) electrons. The number of rotatable bonds is 30. The monoisotopic (exact) mass is 2090 g/mol. The Bertz CT molecular complexity index is 6000. The molecule has 0 amide bonds. The molecular formula is C91H108Br2F12N10O13S5. The molecule has 42 heteroatoms. The highest BCUT2D eigenvalue weighted by Crippen LogP contribution is 2.35. The molecule has 8 N–H and O–H groups in total. The van der Waals surface area contributed by atoms with Gasteiger partial charge in [-0.15, -0.1) is 0 Å². The van der Waals surface area contributed by atoms with Gasteiger partial charge in [-0.05, 0) is 188 Å². The molecule has 133 heavy (non-hydrogen) atoms. The molecule has 2 aromatic heterocycles. The Morgan fingerprint density at radius 2 is 0.774 bits per heavy atom. The van der Waals surface area contributed by atoms with E-state index >= 15 is 0 Å². The summed E-state index contributed by atoms with van der Waals surface area (Å²) in [5.74, 6) is -0.958. The predicted octanol–water partition coefficient (Wildman–Crippen LogP) is 16.9. The summed E-state index contributed by atoms with van der Waals surface area (Å²) in [5, 5.41) is 0. The number of anilines is 2. The van der Waals surface area contributed by atoms with Gasteiger partial charge < -0.3 is 31.7 Å². The first-order chi connectivity index (χ1) is 62.0. The number of carbonyl (C=O) groups excluding carboxylic acids is 2. The Morgan fingerprint density at radius 1 is 0.429 bits per heavy atom. The summed E-state index contributed by atoms with van der Waals surface area (Å²) < 4.78 is 279. The highest BCUT2D eigenvalue weighted by Gasteiger charge is 2.36. The van der Waals surface area contributed by atoms with Gasteiger partial charge in [0.15, 0.2) is 5.69 Å². The van der Waals surface area contributed by atoms with Crippen molar-refractivity contribution in [1.82, 2.24) is 19.4 Å². The van der Waals surface area contributed by atoms with Gasteiger partial charge in [-0.25, -0.2) is 92.7 Å². The smallest absolute Gasteiger partial charge is 0.427 e. The predicted molar refractivity (Wildman–Crippen MR) is 499 cm³/mol. The first-order valence-electron chi connectivity index (χ1n) is 41.3. The lowest BCUT2D eigenvalue weighted by Crippen LogP contribution is -2.34. The number of aromatic nitrogens is 2. The Kier molecular flexibility index (Phi) is 46.3. The number of nitrogens with two attached hydrogens (primary N) is 3. The number of para-hydroxylation sites is 1. The van der Waals surface area contributed by atoms with Crippen LogP contribution in [0.1, 0.15) is 131 Å². The topological polar surface area (TPSA) is 353 Å². The van der Waals surface area contributed by atoms with E-state index in [1.54, 1.807) is 72.8 Å². The zero-order chi connectivity index (χ0) is 99.4. The number of alkyl halides is 6. The highest BCUT2D eigenvalue weighted by molar-refractivity contribution is 9.10. The molecule has 2 saturated heterocycles. The van der Waals surface area contributed by atoms with Crippen molar-refractivity contribution < 1.29 is 109 Å². The van der Waals surface area contributed by atoms with Gasteiger partial charge in [0.05, 0.1) is 36.3 Å². The number of halogens is 14. The summed E-state index contributed by atoms with van der Waals surface area (Å²) in [6.45, 7) is 14.1. The minimum Gasteiger partial charge on any atom is -0.427 e. The lowest BCUT2D eigenvalue weighted by molar-refractivity contribution is -0.141. The number of hydrogen-bond donors (Lipinski definition) is 5. The van der Waals surface area contributed by atoms with E-state index in [1.807, 2.05) is 15.9 Å². The second-order valence-corrected chi connectivity index (χ2v) is 43.9. The Labute approximate surface area is 786 Å². The average Bonchev–Trinajstić information content (AvgIpc) is 0.809. The molecule has 23 nitrogen and oxygen atoms in total. The maximum Gasteiger partial charge on any atom is 0.433 e. The van der Waals surface area contributed by atoms with E-state index in [0.717, 1.165) is 92.7 Å². The molecule has 0 aliphatic carbocycles. The fraction of sp³-hybridized carbons (Fsp3) is 0.396. The number of esters is 1. The van der Waals surface area contributed by atoms with Gasteiger partial charge in [0.1, 0.15) is 99.0 Å². The van der Waals surface area contributed by atoms with Crippen molar-refractivity contribution in [2.45, 2.75) is 142 Å². The molecular weight excluding hydrogens is 1990 g/mol. The van der Waals surface area contributed by atoms with Crippen molar-refractivity contribution in [2.24, 2.45) is 29.0 Å². The number of benzene rings is 7.